The Morgan fingerprint density at radius 3 is 2.68 bits per heavy atom. The van der Waals surface area contributed by atoms with E-state index in [2.05, 4.69) is 40.0 Å². The first-order valence-electron chi connectivity index (χ1n) is 7.03. The fraction of sp³-hybridized carbons (Fsp3) is 0.600. The van der Waals surface area contributed by atoms with Crippen LogP contribution in [0, 0.1) is 5.82 Å². The molecule has 0 spiro atoms. The van der Waals surface area contributed by atoms with E-state index in [1.165, 1.54) is 38.1 Å². The van der Waals surface area contributed by atoms with E-state index < -0.39 is 0 Å². The highest BCUT2D eigenvalue weighted by Gasteiger charge is 2.20. The highest BCUT2D eigenvalue weighted by molar-refractivity contribution is 9.10. The number of benzene rings is 1. The molecule has 1 N–H and O–H groups in total. The molecular formula is C15H22BrFN2. The van der Waals surface area contributed by atoms with Gasteiger partial charge in [-0.25, -0.2) is 4.39 Å². The smallest absolute Gasteiger partial charge is 0.124 e. The van der Waals surface area contributed by atoms with E-state index in [0.29, 0.717) is 6.04 Å². The summed E-state index contributed by atoms with van der Waals surface area (Å²) in [6.45, 7) is 7.85. The fourth-order valence-electron chi connectivity index (χ4n) is 2.71. The van der Waals surface area contributed by atoms with E-state index in [1.54, 1.807) is 0 Å². The molecule has 0 amide bonds. The molecule has 4 heteroatoms. The lowest BCUT2D eigenvalue weighted by molar-refractivity contribution is 0.200. The van der Waals surface area contributed by atoms with Gasteiger partial charge in [-0.1, -0.05) is 28.9 Å². The number of hydrogen-bond acceptors (Lipinski definition) is 2. The Hall–Kier alpha value is -0.450. The summed E-state index contributed by atoms with van der Waals surface area (Å²) in [5, 5.41) is 3.66. The minimum atomic E-state index is -0.195. The fourth-order valence-corrected chi connectivity index (χ4v) is 3.41. The number of hydrogen-bond donors (Lipinski definition) is 1. The number of likely N-dealkylation sites (tertiary alicyclic amines) is 1. The van der Waals surface area contributed by atoms with Gasteiger partial charge in [-0.05, 0) is 57.1 Å². The van der Waals surface area contributed by atoms with Gasteiger partial charge in [0.15, 0.2) is 0 Å². The van der Waals surface area contributed by atoms with E-state index in [-0.39, 0.29) is 11.9 Å². The largest absolute Gasteiger partial charge is 0.307 e. The van der Waals surface area contributed by atoms with Crippen LogP contribution < -0.4 is 5.32 Å². The zero-order valence-electron chi connectivity index (χ0n) is 11.6. The summed E-state index contributed by atoms with van der Waals surface area (Å²) in [5.41, 5.74) is 1.12. The lowest BCUT2D eigenvalue weighted by Gasteiger charge is -2.33. The molecule has 0 saturated carbocycles. The Balaban J connectivity index is 1.92. The molecule has 0 bridgehead atoms. The van der Waals surface area contributed by atoms with Crippen LogP contribution in [0.25, 0.3) is 0 Å². The molecule has 19 heavy (non-hydrogen) atoms. The quantitative estimate of drug-likeness (QED) is 0.906. The average Bonchev–Trinajstić information content (AvgIpc) is 2.39. The number of halogens is 2. The summed E-state index contributed by atoms with van der Waals surface area (Å²) >= 11 is 3.45. The van der Waals surface area contributed by atoms with E-state index in [9.17, 15) is 4.39 Å². The summed E-state index contributed by atoms with van der Waals surface area (Å²) in [4.78, 5) is 2.48. The van der Waals surface area contributed by atoms with Crippen LogP contribution in [-0.2, 0) is 0 Å². The minimum Gasteiger partial charge on any atom is -0.307 e. The normalized spacial score (nSPS) is 19.6. The van der Waals surface area contributed by atoms with Crippen LogP contribution in [0.15, 0.2) is 22.7 Å². The minimum absolute atomic E-state index is 0.195. The van der Waals surface area contributed by atoms with Crippen LogP contribution in [0.2, 0.25) is 0 Å². The maximum Gasteiger partial charge on any atom is 0.124 e. The van der Waals surface area contributed by atoms with Crippen LogP contribution in [0.3, 0.4) is 0 Å². The Morgan fingerprint density at radius 2 is 2.11 bits per heavy atom. The summed E-state index contributed by atoms with van der Waals surface area (Å²) in [7, 11) is 0. The Morgan fingerprint density at radius 1 is 1.42 bits per heavy atom. The van der Waals surface area contributed by atoms with Crippen LogP contribution in [0.4, 0.5) is 4.39 Å². The molecule has 1 aliphatic rings. The molecule has 106 valence electrons. The van der Waals surface area contributed by atoms with Gasteiger partial charge in [0.05, 0.1) is 0 Å². The van der Waals surface area contributed by atoms with Crippen molar-refractivity contribution in [3.8, 4) is 0 Å². The van der Waals surface area contributed by atoms with Crippen LogP contribution in [-0.4, -0.2) is 30.6 Å². The molecular weight excluding hydrogens is 307 g/mol. The van der Waals surface area contributed by atoms with Gasteiger partial charge in [0.1, 0.15) is 5.82 Å². The molecule has 0 aliphatic carbocycles. The van der Waals surface area contributed by atoms with Crippen molar-refractivity contribution >= 4 is 15.9 Å². The van der Waals surface area contributed by atoms with Gasteiger partial charge in [0.2, 0.25) is 0 Å². The highest BCUT2D eigenvalue weighted by atomic mass is 79.9. The van der Waals surface area contributed by atoms with Crippen molar-refractivity contribution in [2.75, 3.05) is 19.6 Å². The SMILES string of the molecule is CCN1CCC(NC(C)c2ccc(F)cc2Br)CC1. The number of nitrogens with one attached hydrogen (secondary N) is 1. The van der Waals surface area contributed by atoms with Crippen molar-refractivity contribution in [2.45, 2.75) is 38.8 Å². The molecule has 2 nitrogen and oxygen atoms in total. The second kappa shape index (κ2) is 6.82. The van der Waals surface area contributed by atoms with Crippen LogP contribution in [0.1, 0.15) is 38.3 Å². The number of piperidine rings is 1. The predicted molar refractivity (Wildman–Crippen MR) is 80.8 cm³/mol. The lowest BCUT2D eigenvalue weighted by atomic mass is 10.0. The molecule has 1 aliphatic heterocycles. The van der Waals surface area contributed by atoms with E-state index in [1.807, 2.05) is 6.07 Å². The van der Waals surface area contributed by atoms with Gasteiger partial charge >= 0.3 is 0 Å². The zero-order chi connectivity index (χ0) is 13.8. The van der Waals surface area contributed by atoms with E-state index in [4.69, 9.17) is 0 Å². The Labute approximate surface area is 123 Å². The summed E-state index contributed by atoms with van der Waals surface area (Å²) < 4.78 is 13.9. The molecule has 1 fully saturated rings. The van der Waals surface area contributed by atoms with Crippen molar-refractivity contribution in [1.82, 2.24) is 10.2 Å². The van der Waals surface area contributed by atoms with Gasteiger partial charge in [0, 0.05) is 16.6 Å². The first-order valence-corrected chi connectivity index (χ1v) is 7.82. The predicted octanol–water partition coefficient (Wildman–Crippen LogP) is 3.72. The van der Waals surface area contributed by atoms with Gasteiger partial charge in [-0.3, -0.25) is 0 Å². The molecule has 0 radical (unpaired) electrons. The number of rotatable bonds is 4. The molecule has 1 saturated heterocycles. The summed E-state index contributed by atoms with van der Waals surface area (Å²) in [6.07, 6.45) is 2.38. The van der Waals surface area contributed by atoms with Gasteiger partial charge in [0.25, 0.3) is 0 Å². The Bertz CT molecular complexity index is 417. The molecule has 2 rings (SSSR count). The van der Waals surface area contributed by atoms with Crippen molar-refractivity contribution in [3.05, 3.63) is 34.1 Å². The molecule has 1 heterocycles. The summed E-state index contributed by atoms with van der Waals surface area (Å²) in [6, 6.07) is 5.73. The van der Waals surface area contributed by atoms with Crippen molar-refractivity contribution in [1.29, 1.82) is 0 Å². The third kappa shape index (κ3) is 4.01. The van der Waals surface area contributed by atoms with Gasteiger partial charge in [-0.2, -0.15) is 0 Å². The molecule has 1 atom stereocenters. The molecule has 1 aromatic carbocycles. The van der Waals surface area contributed by atoms with Crippen molar-refractivity contribution < 1.29 is 4.39 Å². The van der Waals surface area contributed by atoms with E-state index >= 15 is 0 Å². The van der Waals surface area contributed by atoms with Crippen molar-refractivity contribution in [3.63, 3.8) is 0 Å². The lowest BCUT2D eigenvalue weighted by Crippen LogP contribution is -2.43. The Kier molecular flexibility index (Phi) is 5.37. The first-order chi connectivity index (χ1) is 9.10. The number of nitrogens with zero attached hydrogens (tertiary/aromatic N) is 1. The first kappa shape index (κ1) is 14.9. The topological polar surface area (TPSA) is 15.3 Å². The standard InChI is InChI=1S/C15H22BrFN2/c1-3-19-8-6-13(7-9-19)18-11(2)14-5-4-12(17)10-15(14)16/h4-5,10-11,13,18H,3,6-9H2,1-2H3. The highest BCUT2D eigenvalue weighted by Crippen LogP contribution is 2.25. The monoisotopic (exact) mass is 328 g/mol. The second-order valence-electron chi connectivity index (χ2n) is 5.26. The van der Waals surface area contributed by atoms with Crippen LogP contribution in [0.5, 0.6) is 0 Å². The van der Waals surface area contributed by atoms with E-state index in [0.717, 1.165) is 16.6 Å². The maximum absolute atomic E-state index is 13.1. The average molecular weight is 329 g/mol. The molecule has 1 aromatic rings. The van der Waals surface area contributed by atoms with Crippen LogP contribution >= 0.6 is 15.9 Å². The zero-order valence-corrected chi connectivity index (χ0v) is 13.2. The third-order valence-electron chi connectivity index (χ3n) is 3.95. The maximum atomic E-state index is 13.1. The molecule has 1 unspecified atom stereocenters. The van der Waals surface area contributed by atoms with Crippen molar-refractivity contribution in [2.24, 2.45) is 0 Å². The van der Waals surface area contributed by atoms with Gasteiger partial charge < -0.3 is 10.2 Å². The third-order valence-corrected chi connectivity index (χ3v) is 4.64. The summed E-state index contributed by atoms with van der Waals surface area (Å²) in [5.74, 6) is -0.195. The van der Waals surface area contributed by atoms with Gasteiger partial charge in [-0.15, -0.1) is 0 Å². The second-order valence-corrected chi connectivity index (χ2v) is 6.12. The molecule has 0 aromatic heterocycles.